The Labute approximate surface area is 133 Å². The summed E-state index contributed by atoms with van der Waals surface area (Å²) in [5, 5.41) is 2.45. The van der Waals surface area contributed by atoms with Gasteiger partial charge >= 0.3 is 0 Å². The average molecular weight is 333 g/mol. The minimum absolute atomic E-state index is 1.03. The summed E-state index contributed by atoms with van der Waals surface area (Å²) in [4.78, 5) is 0. The van der Waals surface area contributed by atoms with Crippen LogP contribution < -0.4 is 0 Å². The Kier molecular flexibility index (Phi) is 4.19. The van der Waals surface area contributed by atoms with E-state index >= 15 is 0 Å². The zero-order valence-electron chi connectivity index (χ0n) is 11.4. The Morgan fingerprint density at radius 1 is 0.810 bits per heavy atom. The molecule has 0 amide bonds. The summed E-state index contributed by atoms with van der Waals surface area (Å²) >= 11 is 3.68. The SMILES string of the molecule is Brc1c(C=CC#Cc2ccccc2)ccc2ccccc12. The average Bonchev–Trinajstić information content (AvgIpc) is 2.55. The monoisotopic (exact) mass is 332 g/mol. The van der Waals surface area contributed by atoms with Crippen molar-refractivity contribution < 1.29 is 0 Å². The molecule has 0 bridgehead atoms. The predicted octanol–water partition coefficient (Wildman–Crippen LogP) is 5.67. The van der Waals surface area contributed by atoms with Crippen LogP contribution in [0.15, 0.2) is 77.3 Å². The summed E-state index contributed by atoms with van der Waals surface area (Å²) in [6.07, 6.45) is 3.92. The summed E-state index contributed by atoms with van der Waals surface area (Å²) in [5.41, 5.74) is 2.16. The third kappa shape index (κ3) is 3.24. The number of benzene rings is 3. The van der Waals surface area contributed by atoms with Gasteiger partial charge in [0.05, 0.1) is 0 Å². The van der Waals surface area contributed by atoms with Crippen LogP contribution in [0, 0.1) is 11.8 Å². The second-order valence-electron chi connectivity index (χ2n) is 4.66. The van der Waals surface area contributed by atoms with Gasteiger partial charge in [0, 0.05) is 10.0 Å². The number of rotatable bonds is 1. The minimum Gasteiger partial charge on any atom is -0.0696 e. The van der Waals surface area contributed by atoms with Crippen LogP contribution in [0.4, 0.5) is 0 Å². The molecule has 0 N–H and O–H groups in total. The molecular weight excluding hydrogens is 320 g/mol. The molecule has 0 fully saturated rings. The molecule has 0 saturated heterocycles. The van der Waals surface area contributed by atoms with Gasteiger partial charge in [-0.3, -0.25) is 0 Å². The van der Waals surface area contributed by atoms with Gasteiger partial charge in [0.25, 0.3) is 0 Å². The predicted molar refractivity (Wildman–Crippen MR) is 94.0 cm³/mol. The van der Waals surface area contributed by atoms with E-state index in [2.05, 4.69) is 64.2 Å². The maximum Gasteiger partial charge on any atom is 0.0326 e. The maximum atomic E-state index is 3.68. The van der Waals surface area contributed by atoms with Crippen molar-refractivity contribution in [3.63, 3.8) is 0 Å². The Morgan fingerprint density at radius 3 is 2.43 bits per heavy atom. The highest BCUT2D eigenvalue weighted by molar-refractivity contribution is 9.10. The molecule has 0 nitrogen and oxygen atoms in total. The lowest BCUT2D eigenvalue weighted by Crippen LogP contribution is -1.79. The van der Waals surface area contributed by atoms with E-state index in [1.807, 2.05) is 42.5 Å². The van der Waals surface area contributed by atoms with Crippen molar-refractivity contribution >= 4 is 32.8 Å². The third-order valence-electron chi connectivity index (χ3n) is 3.23. The molecule has 1 heteroatoms. The smallest absolute Gasteiger partial charge is 0.0326 e. The molecule has 0 aliphatic rings. The first kappa shape index (κ1) is 13.7. The summed E-state index contributed by atoms with van der Waals surface area (Å²) < 4.78 is 1.11. The number of hydrogen-bond acceptors (Lipinski definition) is 0. The van der Waals surface area contributed by atoms with E-state index in [0.717, 1.165) is 15.6 Å². The van der Waals surface area contributed by atoms with Crippen molar-refractivity contribution in [2.75, 3.05) is 0 Å². The lowest BCUT2D eigenvalue weighted by Gasteiger charge is -2.03. The van der Waals surface area contributed by atoms with E-state index in [9.17, 15) is 0 Å². The molecule has 0 atom stereocenters. The van der Waals surface area contributed by atoms with E-state index < -0.39 is 0 Å². The topological polar surface area (TPSA) is 0 Å². The largest absolute Gasteiger partial charge is 0.0696 e. The van der Waals surface area contributed by atoms with Gasteiger partial charge in [-0.25, -0.2) is 0 Å². The van der Waals surface area contributed by atoms with Crippen LogP contribution in [0.1, 0.15) is 11.1 Å². The molecular formula is C20H13Br. The summed E-state index contributed by atoms with van der Waals surface area (Å²) in [5.74, 6) is 6.19. The van der Waals surface area contributed by atoms with Crippen molar-refractivity contribution in [3.8, 4) is 11.8 Å². The highest BCUT2D eigenvalue weighted by Gasteiger charge is 2.01. The van der Waals surface area contributed by atoms with Gasteiger partial charge in [0.15, 0.2) is 0 Å². The lowest BCUT2D eigenvalue weighted by molar-refractivity contribution is 1.65. The van der Waals surface area contributed by atoms with Crippen molar-refractivity contribution in [2.24, 2.45) is 0 Å². The molecule has 3 aromatic carbocycles. The van der Waals surface area contributed by atoms with E-state index in [1.54, 1.807) is 0 Å². The summed E-state index contributed by atoms with van der Waals surface area (Å²) in [6, 6.07) is 22.6. The van der Waals surface area contributed by atoms with Crippen LogP contribution >= 0.6 is 15.9 Å². The van der Waals surface area contributed by atoms with Crippen LogP contribution in [-0.4, -0.2) is 0 Å². The minimum atomic E-state index is 1.03. The normalized spacial score (nSPS) is 10.5. The fourth-order valence-corrected chi connectivity index (χ4v) is 2.78. The maximum absolute atomic E-state index is 3.68. The third-order valence-corrected chi connectivity index (χ3v) is 4.11. The van der Waals surface area contributed by atoms with E-state index in [0.29, 0.717) is 0 Å². The number of hydrogen-bond donors (Lipinski definition) is 0. The van der Waals surface area contributed by atoms with Crippen LogP contribution in [0.25, 0.3) is 16.8 Å². The van der Waals surface area contributed by atoms with Crippen LogP contribution in [0.5, 0.6) is 0 Å². The van der Waals surface area contributed by atoms with E-state index in [1.165, 1.54) is 10.8 Å². The van der Waals surface area contributed by atoms with Gasteiger partial charge in [0.2, 0.25) is 0 Å². The van der Waals surface area contributed by atoms with Crippen molar-refractivity contribution in [2.45, 2.75) is 0 Å². The lowest BCUT2D eigenvalue weighted by atomic mass is 10.1. The van der Waals surface area contributed by atoms with Crippen LogP contribution in [0.2, 0.25) is 0 Å². The molecule has 0 heterocycles. The van der Waals surface area contributed by atoms with Crippen LogP contribution in [0.3, 0.4) is 0 Å². The van der Waals surface area contributed by atoms with Gasteiger partial charge in [0.1, 0.15) is 0 Å². The molecule has 0 aliphatic heterocycles. The molecule has 0 saturated carbocycles. The Bertz CT molecular complexity index is 849. The first-order chi connectivity index (χ1) is 10.3. The fourth-order valence-electron chi connectivity index (χ4n) is 2.16. The highest BCUT2D eigenvalue weighted by atomic mass is 79.9. The molecule has 3 rings (SSSR count). The first-order valence-electron chi connectivity index (χ1n) is 6.75. The highest BCUT2D eigenvalue weighted by Crippen LogP contribution is 2.28. The first-order valence-corrected chi connectivity index (χ1v) is 7.54. The van der Waals surface area contributed by atoms with E-state index in [-0.39, 0.29) is 0 Å². The summed E-state index contributed by atoms with van der Waals surface area (Å²) in [7, 11) is 0. The van der Waals surface area contributed by atoms with Gasteiger partial charge in [-0.1, -0.05) is 66.4 Å². The van der Waals surface area contributed by atoms with Gasteiger partial charge in [-0.05, 0) is 56.6 Å². The quantitative estimate of drug-likeness (QED) is 0.504. The molecule has 0 spiro atoms. The number of fused-ring (bicyclic) bond motifs is 1. The van der Waals surface area contributed by atoms with Gasteiger partial charge in [-0.2, -0.15) is 0 Å². The number of allylic oxidation sites excluding steroid dienone is 1. The van der Waals surface area contributed by atoms with Crippen LogP contribution in [-0.2, 0) is 0 Å². The zero-order valence-corrected chi connectivity index (χ0v) is 13.0. The Balaban J connectivity index is 1.87. The standard InChI is InChI=1S/C20H13Br/c21-20-18(15-14-17-11-6-7-13-19(17)20)12-5-4-10-16-8-2-1-3-9-16/h1-3,5-9,11-15H. The van der Waals surface area contributed by atoms with Gasteiger partial charge < -0.3 is 0 Å². The molecule has 3 aromatic rings. The van der Waals surface area contributed by atoms with Gasteiger partial charge in [-0.15, -0.1) is 0 Å². The Morgan fingerprint density at radius 2 is 1.57 bits per heavy atom. The van der Waals surface area contributed by atoms with Crippen molar-refractivity contribution in [1.82, 2.24) is 0 Å². The molecule has 0 aromatic heterocycles. The number of halogens is 1. The Hall–Kier alpha value is -2.30. The molecule has 100 valence electrons. The molecule has 0 unspecified atom stereocenters. The van der Waals surface area contributed by atoms with Crippen molar-refractivity contribution in [1.29, 1.82) is 0 Å². The fraction of sp³-hybridized carbons (Fsp3) is 0. The molecule has 21 heavy (non-hydrogen) atoms. The van der Waals surface area contributed by atoms with Crippen molar-refractivity contribution in [3.05, 3.63) is 88.4 Å². The molecule has 0 radical (unpaired) electrons. The summed E-state index contributed by atoms with van der Waals surface area (Å²) in [6.45, 7) is 0. The van der Waals surface area contributed by atoms with E-state index in [4.69, 9.17) is 0 Å². The molecule has 0 aliphatic carbocycles. The second-order valence-corrected chi connectivity index (χ2v) is 5.45. The zero-order chi connectivity index (χ0) is 14.5. The second kappa shape index (κ2) is 6.43.